The number of imide groups is 1. The summed E-state index contributed by atoms with van der Waals surface area (Å²) in [4.78, 5) is 25.5. The van der Waals surface area contributed by atoms with E-state index in [0.717, 1.165) is 22.5 Å². The molecule has 3 amide bonds. The van der Waals surface area contributed by atoms with Crippen molar-refractivity contribution in [1.82, 2.24) is 10.2 Å². The van der Waals surface area contributed by atoms with Gasteiger partial charge in [-0.05, 0) is 37.5 Å². The average Bonchev–Trinajstić information content (AvgIpc) is 2.73. The first-order valence-electron chi connectivity index (χ1n) is 7.59. The van der Waals surface area contributed by atoms with E-state index >= 15 is 0 Å². The number of hydrogen-bond acceptors (Lipinski definition) is 5. The molecule has 1 fully saturated rings. The summed E-state index contributed by atoms with van der Waals surface area (Å²) in [6, 6.07) is 6.95. The first kappa shape index (κ1) is 18.3. The molecule has 7 nitrogen and oxygen atoms in total. The van der Waals surface area contributed by atoms with Gasteiger partial charge < -0.3 is 10.1 Å². The number of rotatable bonds is 7. The monoisotopic (exact) mass is 354 g/mol. The van der Waals surface area contributed by atoms with Crippen LogP contribution in [0.2, 0.25) is 0 Å². The molecule has 132 valence electrons. The van der Waals surface area contributed by atoms with Gasteiger partial charge in [0.25, 0.3) is 5.91 Å². The number of sulfone groups is 1. The summed E-state index contributed by atoms with van der Waals surface area (Å²) in [6.45, 7) is 1.54. The SMILES string of the molecule is COc1ccc(CCC2(C)NC(=O)N(CCS(C)(=O)=O)C2=O)cc1. The normalized spacial score (nSPS) is 21.0. The highest BCUT2D eigenvalue weighted by Crippen LogP contribution is 2.24. The lowest BCUT2D eigenvalue weighted by Gasteiger charge is -2.21. The van der Waals surface area contributed by atoms with Crippen molar-refractivity contribution in [2.75, 3.05) is 25.7 Å². The zero-order valence-electron chi connectivity index (χ0n) is 14.0. The maximum absolute atomic E-state index is 12.5. The minimum Gasteiger partial charge on any atom is -0.497 e. The number of urea groups is 1. The van der Waals surface area contributed by atoms with Crippen molar-refractivity contribution in [2.24, 2.45) is 0 Å². The minimum absolute atomic E-state index is 0.123. The van der Waals surface area contributed by atoms with E-state index in [9.17, 15) is 18.0 Å². The molecule has 1 aliphatic rings. The van der Waals surface area contributed by atoms with E-state index in [4.69, 9.17) is 4.74 Å². The number of methoxy groups -OCH3 is 1. The number of benzene rings is 1. The van der Waals surface area contributed by atoms with Crippen LogP contribution in [-0.2, 0) is 21.1 Å². The largest absolute Gasteiger partial charge is 0.497 e. The van der Waals surface area contributed by atoms with E-state index in [0.29, 0.717) is 12.8 Å². The molecular weight excluding hydrogens is 332 g/mol. The van der Waals surface area contributed by atoms with Crippen molar-refractivity contribution in [3.05, 3.63) is 29.8 Å². The Kier molecular flexibility index (Phi) is 5.17. The molecule has 1 aromatic rings. The van der Waals surface area contributed by atoms with Gasteiger partial charge in [-0.2, -0.15) is 0 Å². The second-order valence-electron chi connectivity index (χ2n) is 6.20. The average molecular weight is 354 g/mol. The summed E-state index contributed by atoms with van der Waals surface area (Å²) < 4.78 is 27.6. The first-order chi connectivity index (χ1) is 11.1. The van der Waals surface area contributed by atoms with Crippen LogP contribution in [0.15, 0.2) is 24.3 Å². The van der Waals surface area contributed by atoms with Crippen LogP contribution in [0, 0.1) is 0 Å². The maximum atomic E-state index is 12.5. The van der Waals surface area contributed by atoms with Gasteiger partial charge in [-0.25, -0.2) is 13.2 Å². The Morgan fingerprint density at radius 3 is 2.38 bits per heavy atom. The standard InChI is InChI=1S/C16H22N2O5S/c1-16(9-8-12-4-6-13(23-2)7-5-12)14(19)18(15(20)17-16)10-11-24(3,21)22/h4-7H,8-11H2,1-3H3,(H,17,20). The van der Waals surface area contributed by atoms with Gasteiger partial charge in [-0.15, -0.1) is 0 Å². The van der Waals surface area contributed by atoms with Crippen molar-refractivity contribution < 1.29 is 22.7 Å². The Morgan fingerprint density at radius 2 is 1.83 bits per heavy atom. The van der Waals surface area contributed by atoms with E-state index in [-0.39, 0.29) is 18.2 Å². The first-order valence-corrected chi connectivity index (χ1v) is 9.65. The van der Waals surface area contributed by atoms with Gasteiger partial charge in [0.05, 0.1) is 12.9 Å². The summed E-state index contributed by atoms with van der Waals surface area (Å²) >= 11 is 0. The molecule has 1 N–H and O–H groups in total. The molecule has 0 saturated carbocycles. The van der Waals surface area contributed by atoms with Crippen LogP contribution in [0.5, 0.6) is 5.75 Å². The van der Waals surface area contributed by atoms with Crippen LogP contribution in [-0.4, -0.2) is 56.5 Å². The number of aryl methyl sites for hydroxylation is 1. The van der Waals surface area contributed by atoms with E-state index in [1.54, 1.807) is 14.0 Å². The van der Waals surface area contributed by atoms with Crippen molar-refractivity contribution in [2.45, 2.75) is 25.3 Å². The molecule has 0 radical (unpaired) electrons. The van der Waals surface area contributed by atoms with E-state index in [1.165, 1.54) is 0 Å². The van der Waals surface area contributed by atoms with Gasteiger partial charge in [0.15, 0.2) is 0 Å². The summed E-state index contributed by atoms with van der Waals surface area (Å²) in [5.41, 5.74) is 0.00258. The van der Waals surface area contributed by atoms with Crippen LogP contribution in [0.25, 0.3) is 0 Å². The predicted octanol–water partition coefficient (Wildman–Crippen LogP) is 0.983. The molecule has 8 heteroatoms. The number of carbonyl (C=O) groups excluding carboxylic acids is 2. The van der Waals surface area contributed by atoms with E-state index in [1.807, 2.05) is 24.3 Å². The van der Waals surface area contributed by atoms with Crippen LogP contribution in [0.4, 0.5) is 4.79 Å². The minimum atomic E-state index is -3.24. The lowest BCUT2D eigenvalue weighted by molar-refractivity contribution is -0.130. The lowest BCUT2D eigenvalue weighted by atomic mass is 9.93. The Bertz CT molecular complexity index is 729. The maximum Gasteiger partial charge on any atom is 0.325 e. The second kappa shape index (κ2) is 6.80. The smallest absolute Gasteiger partial charge is 0.325 e. The third-order valence-electron chi connectivity index (χ3n) is 4.10. The zero-order chi connectivity index (χ0) is 18.0. The van der Waals surface area contributed by atoms with Crippen LogP contribution in [0.1, 0.15) is 18.9 Å². The lowest BCUT2D eigenvalue weighted by Crippen LogP contribution is -2.44. The molecule has 1 aliphatic heterocycles. The molecule has 24 heavy (non-hydrogen) atoms. The van der Waals surface area contributed by atoms with E-state index < -0.39 is 21.4 Å². The fourth-order valence-corrected chi connectivity index (χ4v) is 3.08. The molecule has 1 aromatic carbocycles. The molecule has 0 aromatic heterocycles. The highest BCUT2D eigenvalue weighted by Gasteiger charge is 2.47. The number of nitrogens with one attached hydrogen (secondary N) is 1. The molecule has 0 bridgehead atoms. The fourth-order valence-electron chi connectivity index (χ4n) is 2.56. The molecular formula is C16H22N2O5S. The number of carbonyl (C=O) groups is 2. The van der Waals surface area contributed by atoms with Gasteiger partial charge in [0.1, 0.15) is 21.1 Å². The highest BCUT2D eigenvalue weighted by atomic mass is 32.2. The summed E-state index contributed by atoms with van der Waals surface area (Å²) in [5.74, 6) is 0.132. The zero-order valence-corrected chi connectivity index (χ0v) is 14.9. The number of amides is 3. The molecule has 1 unspecified atom stereocenters. The van der Waals surface area contributed by atoms with Crippen molar-refractivity contribution in [1.29, 1.82) is 0 Å². The number of hydrogen-bond donors (Lipinski definition) is 1. The molecule has 0 aliphatic carbocycles. The highest BCUT2D eigenvalue weighted by molar-refractivity contribution is 7.90. The van der Waals surface area contributed by atoms with Crippen LogP contribution in [0.3, 0.4) is 0 Å². The Balaban J connectivity index is 2.01. The van der Waals surface area contributed by atoms with Gasteiger partial charge in [-0.1, -0.05) is 12.1 Å². The second-order valence-corrected chi connectivity index (χ2v) is 8.46. The topological polar surface area (TPSA) is 92.8 Å². The van der Waals surface area contributed by atoms with Gasteiger partial charge in [0.2, 0.25) is 0 Å². The van der Waals surface area contributed by atoms with Crippen molar-refractivity contribution in [3.8, 4) is 5.75 Å². The fraction of sp³-hybridized carbons (Fsp3) is 0.500. The molecule has 1 saturated heterocycles. The third-order valence-corrected chi connectivity index (χ3v) is 5.03. The molecule has 1 heterocycles. The van der Waals surface area contributed by atoms with E-state index in [2.05, 4.69) is 5.32 Å². The third kappa shape index (κ3) is 4.25. The van der Waals surface area contributed by atoms with Gasteiger partial charge in [-0.3, -0.25) is 9.69 Å². The Labute approximate surface area is 141 Å². The van der Waals surface area contributed by atoms with Gasteiger partial charge >= 0.3 is 6.03 Å². The summed E-state index contributed by atoms with van der Waals surface area (Å²) in [6.07, 6.45) is 2.11. The Morgan fingerprint density at radius 1 is 1.21 bits per heavy atom. The number of nitrogens with zero attached hydrogens (tertiary/aromatic N) is 1. The number of ether oxygens (including phenoxy) is 1. The predicted molar refractivity (Wildman–Crippen MR) is 89.7 cm³/mol. The molecule has 2 rings (SSSR count). The molecule has 1 atom stereocenters. The Hall–Kier alpha value is -2.09. The van der Waals surface area contributed by atoms with Gasteiger partial charge in [0, 0.05) is 12.8 Å². The van der Waals surface area contributed by atoms with Crippen LogP contribution < -0.4 is 10.1 Å². The quantitative estimate of drug-likeness (QED) is 0.737. The van der Waals surface area contributed by atoms with Crippen LogP contribution >= 0.6 is 0 Å². The summed E-state index contributed by atoms with van der Waals surface area (Å²) in [7, 11) is -1.65. The van der Waals surface area contributed by atoms with Crippen molar-refractivity contribution >= 4 is 21.8 Å². The van der Waals surface area contributed by atoms with Crippen molar-refractivity contribution in [3.63, 3.8) is 0 Å². The summed E-state index contributed by atoms with van der Waals surface area (Å²) in [5, 5.41) is 2.68. The molecule has 0 spiro atoms.